The zero-order chi connectivity index (χ0) is 16.2. The Morgan fingerprint density at radius 3 is 3.17 bits per heavy atom. The summed E-state index contributed by atoms with van der Waals surface area (Å²) in [6.45, 7) is 6.73. The van der Waals surface area contributed by atoms with Crippen LogP contribution in [-0.4, -0.2) is 57.4 Å². The van der Waals surface area contributed by atoms with E-state index in [0.29, 0.717) is 24.8 Å². The molecular weight excluding hydrogens is 314 g/mol. The van der Waals surface area contributed by atoms with Crippen molar-refractivity contribution in [1.29, 1.82) is 0 Å². The largest absolute Gasteiger partial charge is 0.374 e. The van der Waals surface area contributed by atoms with E-state index < -0.39 is 0 Å². The summed E-state index contributed by atoms with van der Waals surface area (Å²) in [6.07, 6.45) is 5.56. The Kier molecular flexibility index (Phi) is 5.04. The molecule has 23 heavy (non-hydrogen) atoms. The number of hydrogen-bond donors (Lipinski definition) is 1. The molecule has 1 fully saturated rings. The van der Waals surface area contributed by atoms with E-state index in [4.69, 9.17) is 4.74 Å². The van der Waals surface area contributed by atoms with Crippen LogP contribution in [0.2, 0.25) is 0 Å². The van der Waals surface area contributed by atoms with Crippen molar-refractivity contribution in [1.82, 2.24) is 19.7 Å². The molecule has 2 atom stereocenters. The van der Waals surface area contributed by atoms with Gasteiger partial charge in [0.25, 0.3) is 0 Å². The molecule has 0 bridgehead atoms. The minimum Gasteiger partial charge on any atom is -0.374 e. The van der Waals surface area contributed by atoms with Gasteiger partial charge in [0.05, 0.1) is 31.5 Å². The normalized spacial score (nSPS) is 20.3. The molecule has 1 amide bonds. The number of nitrogens with one attached hydrogen (secondary N) is 1. The number of ether oxygens (including phenoxy) is 1. The van der Waals surface area contributed by atoms with E-state index in [1.54, 1.807) is 6.20 Å². The molecule has 2 aromatic rings. The van der Waals surface area contributed by atoms with Gasteiger partial charge in [-0.1, -0.05) is 0 Å². The van der Waals surface area contributed by atoms with Crippen LogP contribution in [0.25, 0.3) is 0 Å². The minimum atomic E-state index is -0.218. The van der Waals surface area contributed by atoms with Gasteiger partial charge in [0, 0.05) is 30.9 Å². The van der Waals surface area contributed by atoms with Crippen molar-refractivity contribution in [2.45, 2.75) is 32.5 Å². The maximum atomic E-state index is 12.3. The molecule has 3 rings (SSSR count). The Hall–Kier alpha value is -1.77. The monoisotopic (exact) mass is 335 g/mol. The first-order valence-electron chi connectivity index (χ1n) is 7.67. The van der Waals surface area contributed by atoms with Gasteiger partial charge in [-0.2, -0.15) is 5.10 Å². The number of carbonyl (C=O) groups is 1. The fourth-order valence-electron chi connectivity index (χ4n) is 2.64. The molecule has 1 N–H and O–H groups in total. The van der Waals surface area contributed by atoms with Crippen molar-refractivity contribution >= 4 is 22.4 Å². The Morgan fingerprint density at radius 1 is 1.61 bits per heavy atom. The van der Waals surface area contributed by atoms with Gasteiger partial charge in [-0.3, -0.25) is 14.4 Å². The molecule has 124 valence electrons. The second-order valence-electron chi connectivity index (χ2n) is 5.73. The van der Waals surface area contributed by atoms with E-state index in [9.17, 15) is 4.79 Å². The van der Waals surface area contributed by atoms with Gasteiger partial charge in [-0.05, 0) is 19.4 Å². The zero-order valence-corrected chi connectivity index (χ0v) is 14.1. The summed E-state index contributed by atoms with van der Waals surface area (Å²) in [5, 5.41) is 9.63. The second-order valence-corrected chi connectivity index (χ2v) is 6.62. The lowest BCUT2D eigenvalue weighted by Gasteiger charge is -2.35. The lowest BCUT2D eigenvalue weighted by atomic mass is 10.2. The molecule has 0 aromatic carbocycles. The molecule has 1 aliphatic rings. The van der Waals surface area contributed by atoms with Crippen LogP contribution in [0.5, 0.6) is 0 Å². The van der Waals surface area contributed by atoms with E-state index in [1.807, 2.05) is 36.3 Å². The second kappa shape index (κ2) is 7.20. The number of rotatable bonds is 5. The average Bonchev–Trinajstić information content (AvgIpc) is 3.18. The van der Waals surface area contributed by atoms with Gasteiger partial charge in [-0.15, -0.1) is 11.3 Å². The smallest absolute Gasteiger partial charge is 0.243 e. The van der Waals surface area contributed by atoms with Gasteiger partial charge in [0.2, 0.25) is 5.91 Å². The zero-order valence-electron chi connectivity index (χ0n) is 13.3. The minimum absolute atomic E-state index is 0.0319. The highest BCUT2D eigenvalue weighted by Crippen LogP contribution is 2.15. The summed E-state index contributed by atoms with van der Waals surface area (Å²) in [6, 6.07) is -0.218. The molecule has 0 aliphatic carbocycles. The highest BCUT2D eigenvalue weighted by Gasteiger charge is 2.28. The number of anilines is 1. The van der Waals surface area contributed by atoms with E-state index in [1.165, 1.54) is 11.3 Å². The summed E-state index contributed by atoms with van der Waals surface area (Å²) in [5.41, 5.74) is 1.13. The molecular formula is C15H21N5O2S. The van der Waals surface area contributed by atoms with Crippen molar-refractivity contribution in [2.24, 2.45) is 0 Å². The fraction of sp³-hybridized carbons (Fsp3) is 0.533. The van der Waals surface area contributed by atoms with Crippen molar-refractivity contribution in [2.75, 3.05) is 25.0 Å². The van der Waals surface area contributed by atoms with E-state index in [-0.39, 0.29) is 18.1 Å². The molecule has 8 heteroatoms. The fourth-order valence-corrected chi connectivity index (χ4v) is 3.17. The number of nitrogens with zero attached hydrogens (tertiary/aromatic N) is 4. The van der Waals surface area contributed by atoms with Crippen molar-refractivity contribution in [3.8, 4) is 0 Å². The molecule has 0 spiro atoms. The molecule has 1 saturated heterocycles. The van der Waals surface area contributed by atoms with Crippen molar-refractivity contribution < 1.29 is 9.53 Å². The lowest BCUT2D eigenvalue weighted by molar-refractivity contribution is -0.124. The highest BCUT2D eigenvalue weighted by molar-refractivity contribution is 7.13. The van der Waals surface area contributed by atoms with E-state index in [0.717, 1.165) is 12.1 Å². The number of amides is 1. The summed E-state index contributed by atoms with van der Waals surface area (Å²) in [7, 11) is 0. The molecule has 0 unspecified atom stereocenters. The molecule has 0 radical (unpaired) electrons. The van der Waals surface area contributed by atoms with Gasteiger partial charge < -0.3 is 10.1 Å². The number of aryl methyl sites for hydroxylation is 1. The molecule has 3 heterocycles. The van der Waals surface area contributed by atoms with Crippen LogP contribution in [0.1, 0.15) is 12.5 Å². The predicted octanol–water partition coefficient (Wildman–Crippen LogP) is 1.38. The number of carbonyl (C=O) groups excluding carboxylic acids is 1. The molecule has 0 saturated carbocycles. The Labute approximate surface area is 139 Å². The summed E-state index contributed by atoms with van der Waals surface area (Å²) in [4.78, 5) is 18.6. The molecule has 2 aromatic heterocycles. The molecule has 7 nitrogen and oxygen atoms in total. The lowest BCUT2D eigenvalue weighted by Crippen LogP contribution is -2.51. The first-order valence-corrected chi connectivity index (χ1v) is 8.55. The standard InChI is InChI=1S/C15H21N5O2S/c1-11-7-17-20(8-11)10-13-9-19(4-5-22-13)12(2)14(21)18-15-16-3-6-23-15/h3,6-8,12-13H,4-5,9-10H2,1-2H3,(H,16,18,21)/t12-,13+/m0/s1. The average molecular weight is 335 g/mol. The Balaban J connectivity index is 1.55. The summed E-state index contributed by atoms with van der Waals surface area (Å²) in [5.74, 6) is -0.0319. The van der Waals surface area contributed by atoms with Crippen LogP contribution < -0.4 is 5.32 Å². The van der Waals surface area contributed by atoms with Gasteiger partial charge in [-0.25, -0.2) is 4.98 Å². The quantitative estimate of drug-likeness (QED) is 0.894. The Bertz CT molecular complexity index is 642. The van der Waals surface area contributed by atoms with Crippen LogP contribution in [-0.2, 0) is 16.1 Å². The summed E-state index contributed by atoms with van der Waals surface area (Å²) >= 11 is 1.42. The number of aromatic nitrogens is 3. The van der Waals surface area contributed by atoms with Crippen LogP contribution in [0.3, 0.4) is 0 Å². The molecule has 1 aliphatic heterocycles. The Morgan fingerprint density at radius 2 is 2.48 bits per heavy atom. The SMILES string of the molecule is Cc1cnn(C[C@H]2CN([C@@H](C)C(=O)Nc3nccs3)CCO2)c1. The van der Waals surface area contributed by atoms with Crippen molar-refractivity contribution in [3.05, 3.63) is 29.5 Å². The third-order valence-electron chi connectivity index (χ3n) is 3.91. The number of morpholine rings is 1. The highest BCUT2D eigenvalue weighted by atomic mass is 32.1. The van der Waals surface area contributed by atoms with Crippen LogP contribution in [0.4, 0.5) is 5.13 Å². The van der Waals surface area contributed by atoms with E-state index in [2.05, 4.69) is 20.3 Å². The van der Waals surface area contributed by atoms with Gasteiger partial charge >= 0.3 is 0 Å². The first-order chi connectivity index (χ1) is 11.1. The van der Waals surface area contributed by atoms with Crippen LogP contribution in [0, 0.1) is 6.92 Å². The van der Waals surface area contributed by atoms with Crippen LogP contribution in [0.15, 0.2) is 24.0 Å². The maximum absolute atomic E-state index is 12.3. The number of thiazole rings is 1. The van der Waals surface area contributed by atoms with Gasteiger partial charge in [0.15, 0.2) is 5.13 Å². The predicted molar refractivity (Wildman–Crippen MR) is 88.5 cm³/mol. The van der Waals surface area contributed by atoms with Gasteiger partial charge in [0.1, 0.15) is 0 Å². The topological polar surface area (TPSA) is 72.3 Å². The maximum Gasteiger partial charge on any atom is 0.243 e. The first kappa shape index (κ1) is 16.1. The third-order valence-corrected chi connectivity index (χ3v) is 4.60. The van der Waals surface area contributed by atoms with Crippen LogP contribution >= 0.6 is 11.3 Å². The summed E-state index contributed by atoms with van der Waals surface area (Å²) < 4.78 is 7.71. The van der Waals surface area contributed by atoms with E-state index >= 15 is 0 Å². The van der Waals surface area contributed by atoms with Crippen molar-refractivity contribution in [3.63, 3.8) is 0 Å². The number of hydrogen-bond acceptors (Lipinski definition) is 6. The third kappa shape index (κ3) is 4.15.